The number of nitrogens with zero attached hydrogens (tertiary/aromatic N) is 1. The van der Waals surface area contributed by atoms with E-state index in [0.29, 0.717) is 28.2 Å². The van der Waals surface area contributed by atoms with Crippen LogP contribution in [0.3, 0.4) is 0 Å². The summed E-state index contributed by atoms with van der Waals surface area (Å²) in [4.78, 5) is 30.4. The minimum atomic E-state index is -4.27. The van der Waals surface area contributed by atoms with Crippen LogP contribution in [-0.2, 0) is 19.1 Å². The van der Waals surface area contributed by atoms with Crippen LogP contribution >= 0.6 is 23.1 Å². The Hall–Kier alpha value is -1.43. The van der Waals surface area contributed by atoms with Gasteiger partial charge in [-0.2, -0.15) is 13.2 Å². The Morgan fingerprint density at radius 2 is 1.95 bits per heavy atom. The molecule has 3 rings (SSSR count). The number of carbonyl (C=O) groups excluding carboxylic acids is 2. The van der Waals surface area contributed by atoms with Gasteiger partial charge in [-0.05, 0) is 50.7 Å². The number of thioether (sulfide) groups is 1. The lowest BCUT2D eigenvalue weighted by atomic mass is 9.74. The fourth-order valence-electron chi connectivity index (χ4n) is 5.17. The maximum Gasteiger partial charge on any atom is 0.398 e. The van der Waals surface area contributed by atoms with Gasteiger partial charge in [0.1, 0.15) is 11.9 Å². The van der Waals surface area contributed by atoms with Gasteiger partial charge < -0.3 is 14.6 Å². The van der Waals surface area contributed by atoms with E-state index in [1.165, 1.54) is 0 Å². The smallest absolute Gasteiger partial charge is 0.398 e. The predicted molar refractivity (Wildman–Crippen MR) is 147 cm³/mol. The number of halogens is 3. The first-order valence-electron chi connectivity index (χ1n) is 13.4. The van der Waals surface area contributed by atoms with Crippen LogP contribution in [-0.4, -0.2) is 57.7 Å². The third-order valence-corrected chi connectivity index (χ3v) is 10.0. The number of Topliss-reactive ketones (excluding diaryl/α,β-unsaturated/α-hetero) is 1. The van der Waals surface area contributed by atoms with E-state index in [-0.39, 0.29) is 36.2 Å². The van der Waals surface area contributed by atoms with Gasteiger partial charge in [-0.15, -0.1) is 11.3 Å². The molecule has 0 radical (unpaired) electrons. The molecule has 0 amide bonds. The Morgan fingerprint density at radius 3 is 2.62 bits per heavy atom. The van der Waals surface area contributed by atoms with Crippen molar-refractivity contribution in [1.29, 1.82) is 0 Å². The van der Waals surface area contributed by atoms with Gasteiger partial charge in [0.2, 0.25) is 0 Å². The first-order chi connectivity index (χ1) is 18.0. The third kappa shape index (κ3) is 9.03. The summed E-state index contributed by atoms with van der Waals surface area (Å²) < 4.78 is 50.0. The zero-order valence-corrected chi connectivity index (χ0v) is 25.1. The summed E-state index contributed by atoms with van der Waals surface area (Å²) >= 11 is 1.78. The van der Waals surface area contributed by atoms with Gasteiger partial charge in [-0.3, -0.25) is 9.59 Å². The predicted octanol–water partition coefficient (Wildman–Crippen LogP) is 6.85. The topological polar surface area (TPSA) is 89.0 Å². The monoisotopic (exact) mass is 591 g/mol. The molecule has 0 aromatic carbocycles. The number of cyclic esters (lactones) is 1. The van der Waals surface area contributed by atoms with E-state index in [1.807, 2.05) is 20.8 Å². The summed E-state index contributed by atoms with van der Waals surface area (Å²) in [7, 11) is 0. The van der Waals surface area contributed by atoms with Crippen LogP contribution < -0.4 is 0 Å². The molecular formula is C28H40F3NO5S2. The van der Waals surface area contributed by atoms with Gasteiger partial charge in [0.25, 0.3) is 0 Å². The Balaban J connectivity index is 1.78. The number of carbonyl (C=O) groups is 2. The summed E-state index contributed by atoms with van der Waals surface area (Å²) in [5, 5.41) is 12.5. The lowest BCUT2D eigenvalue weighted by Gasteiger charge is -2.31. The van der Waals surface area contributed by atoms with E-state index in [2.05, 4.69) is 4.98 Å². The molecule has 3 heterocycles. The standard InChI is InChI=1S/C28H40F3NO5S2/c1-16-8-7-10-27(6)21(37-27)13-20(17(2)12-19-14-38-25(32-19)39-15-28(29,30)31)36-22(33)9-11-26(4,5)24(35)18(3)23(16)34/h12,14,16,18,20-21,23,34H,7-11,13,15H2,1-6H3/b17-12+/t16-,18+,20-,21?,23-,27+/m0/s1. The Morgan fingerprint density at radius 1 is 1.26 bits per heavy atom. The van der Waals surface area contributed by atoms with Gasteiger partial charge in [-0.1, -0.05) is 45.9 Å². The summed E-state index contributed by atoms with van der Waals surface area (Å²) in [6.07, 6.45) is -0.856. The van der Waals surface area contributed by atoms with Crippen molar-refractivity contribution in [2.75, 3.05) is 5.75 Å². The van der Waals surface area contributed by atoms with Crippen molar-refractivity contribution in [1.82, 2.24) is 4.98 Å². The second kappa shape index (κ2) is 12.6. The first kappa shape index (κ1) is 32.1. The highest BCUT2D eigenvalue weighted by atomic mass is 32.2. The molecule has 6 nitrogen and oxygen atoms in total. The number of epoxide rings is 1. The molecule has 1 unspecified atom stereocenters. The van der Waals surface area contributed by atoms with E-state index < -0.39 is 41.4 Å². The first-order valence-corrected chi connectivity index (χ1v) is 15.3. The van der Waals surface area contributed by atoms with Gasteiger partial charge in [0, 0.05) is 29.6 Å². The highest BCUT2D eigenvalue weighted by Crippen LogP contribution is 2.45. The Kier molecular flexibility index (Phi) is 10.4. The fraction of sp³-hybridized carbons (Fsp3) is 0.750. The van der Waals surface area contributed by atoms with Crippen molar-refractivity contribution in [3.63, 3.8) is 0 Å². The molecule has 0 spiro atoms. The molecule has 6 atom stereocenters. The number of aliphatic hydroxyl groups excluding tert-OH is 1. The van der Waals surface area contributed by atoms with Crippen molar-refractivity contribution in [2.45, 2.75) is 114 Å². The summed E-state index contributed by atoms with van der Waals surface area (Å²) in [5.41, 5.74) is 0.0663. The molecule has 0 aliphatic carbocycles. The van der Waals surface area contributed by atoms with Crippen LogP contribution in [0.5, 0.6) is 0 Å². The normalized spacial score (nSPS) is 33.4. The highest BCUT2D eigenvalue weighted by Gasteiger charge is 2.52. The fourth-order valence-corrected chi connectivity index (χ4v) is 6.72. The second-order valence-corrected chi connectivity index (χ2v) is 13.9. The Labute approximate surface area is 237 Å². The van der Waals surface area contributed by atoms with Gasteiger partial charge in [0.05, 0.1) is 29.3 Å². The molecule has 1 aromatic rings. The lowest BCUT2D eigenvalue weighted by Crippen LogP contribution is -2.39. The lowest BCUT2D eigenvalue weighted by molar-refractivity contribution is -0.149. The summed E-state index contributed by atoms with van der Waals surface area (Å²) in [6, 6.07) is 0. The molecule has 1 aromatic heterocycles. The van der Waals surface area contributed by atoms with Crippen molar-refractivity contribution < 1.29 is 37.3 Å². The van der Waals surface area contributed by atoms with Crippen molar-refractivity contribution >= 4 is 40.9 Å². The molecule has 2 aliphatic rings. The number of aromatic nitrogens is 1. The molecule has 0 saturated carbocycles. The molecule has 2 saturated heterocycles. The second-order valence-electron chi connectivity index (χ2n) is 11.9. The van der Waals surface area contributed by atoms with E-state index >= 15 is 0 Å². The number of ether oxygens (including phenoxy) is 2. The van der Waals surface area contributed by atoms with Crippen LogP contribution in [0.25, 0.3) is 6.08 Å². The zero-order valence-electron chi connectivity index (χ0n) is 23.5. The zero-order chi connectivity index (χ0) is 29.2. The number of esters is 1. The molecule has 39 heavy (non-hydrogen) atoms. The molecule has 1 N–H and O–H groups in total. The molecule has 0 bridgehead atoms. The minimum absolute atomic E-state index is 0.0403. The quantitative estimate of drug-likeness (QED) is 0.233. The average molecular weight is 592 g/mol. The largest absolute Gasteiger partial charge is 0.458 e. The number of ketones is 1. The van der Waals surface area contributed by atoms with E-state index in [1.54, 1.807) is 32.2 Å². The van der Waals surface area contributed by atoms with E-state index in [9.17, 15) is 27.9 Å². The van der Waals surface area contributed by atoms with Crippen LogP contribution in [0.2, 0.25) is 0 Å². The van der Waals surface area contributed by atoms with Crippen LogP contribution in [0.1, 0.15) is 85.8 Å². The SMILES string of the molecule is C/C(=C\c1csc(SCC(F)(F)F)n1)[C@@H]1CC2O[C@]2(C)CCC[C@H](C)[C@H](O)[C@@H](C)C(=O)C(C)(C)CCC(=O)O1. The molecule has 2 fully saturated rings. The van der Waals surface area contributed by atoms with Crippen LogP contribution in [0, 0.1) is 17.3 Å². The van der Waals surface area contributed by atoms with Crippen LogP contribution in [0.4, 0.5) is 13.2 Å². The molecule has 2 aliphatic heterocycles. The number of rotatable bonds is 4. The number of fused-ring (bicyclic) bond motifs is 1. The van der Waals surface area contributed by atoms with Crippen LogP contribution in [0.15, 0.2) is 15.3 Å². The highest BCUT2D eigenvalue weighted by molar-refractivity contribution is 8.01. The number of aliphatic hydroxyl groups is 1. The van der Waals surface area contributed by atoms with Crippen molar-refractivity contribution in [2.24, 2.45) is 17.3 Å². The van der Waals surface area contributed by atoms with Crippen molar-refractivity contribution in [3.8, 4) is 0 Å². The number of hydrogen-bond donors (Lipinski definition) is 1. The Bertz CT molecular complexity index is 1060. The van der Waals surface area contributed by atoms with Gasteiger partial charge >= 0.3 is 12.1 Å². The molecule has 11 heteroatoms. The minimum Gasteiger partial charge on any atom is -0.458 e. The number of hydrogen-bond acceptors (Lipinski definition) is 8. The maximum atomic E-state index is 13.2. The third-order valence-electron chi connectivity index (χ3n) is 7.94. The summed E-state index contributed by atoms with van der Waals surface area (Å²) in [6.45, 7) is 11.1. The molecular weight excluding hydrogens is 551 g/mol. The molecule has 220 valence electrons. The van der Waals surface area contributed by atoms with E-state index in [0.717, 1.165) is 36.2 Å². The van der Waals surface area contributed by atoms with Gasteiger partial charge in [0.15, 0.2) is 4.34 Å². The van der Waals surface area contributed by atoms with E-state index in [4.69, 9.17) is 9.47 Å². The van der Waals surface area contributed by atoms with Crippen molar-refractivity contribution in [3.05, 3.63) is 16.6 Å². The van der Waals surface area contributed by atoms with Gasteiger partial charge in [-0.25, -0.2) is 4.98 Å². The summed E-state index contributed by atoms with van der Waals surface area (Å²) in [5.74, 6) is -2.11. The average Bonchev–Trinajstić information content (AvgIpc) is 3.25. The maximum absolute atomic E-state index is 13.2. The number of thiazole rings is 1. The number of alkyl halides is 3.